The number of nitrogens with one attached hydrogen (secondary N) is 1. The van der Waals surface area contributed by atoms with Crippen molar-refractivity contribution in [1.82, 2.24) is 0 Å². The van der Waals surface area contributed by atoms with Gasteiger partial charge in [-0.15, -0.1) is 0 Å². The summed E-state index contributed by atoms with van der Waals surface area (Å²) in [5.41, 5.74) is 3.16. The minimum Gasteiger partial charge on any atom is -0.494 e. The number of rotatable bonds is 8. The third-order valence-corrected chi connectivity index (χ3v) is 3.63. The van der Waals surface area contributed by atoms with Crippen molar-refractivity contribution in [1.29, 1.82) is 0 Å². The summed E-state index contributed by atoms with van der Waals surface area (Å²) in [5, 5.41) is 12.5. The number of hydrogen-bond donors (Lipinski definition) is 2. The number of carboxylic acids is 1. The van der Waals surface area contributed by atoms with Gasteiger partial charge in [0.1, 0.15) is 5.75 Å². The first-order valence-electron chi connectivity index (χ1n) is 7.84. The normalized spacial score (nSPS) is 10.3. The van der Waals surface area contributed by atoms with Crippen LogP contribution in [0, 0.1) is 13.8 Å². The Balaban J connectivity index is 1.75. The summed E-state index contributed by atoms with van der Waals surface area (Å²) in [4.78, 5) is 11.2. The van der Waals surface area contributed by atoms with E-state index < -0.39 is 5.97 Å². The van der Waals surface area contributed by atoms with E-state index >= 15 is 0 Å². The van der Waals surface area contributed by atoms with Crippen LogP contribution < -0.4 is 10.1 Å². The van der Waals surface area contributed by atoms with Crippen molar-refractivity contribution in [2.24, 2.45) is 0 Å². The first kappa shape index (κ1) is 16.9. The maximum atomic E-state index is 11.2. The van der Waals surface area contributed by atoms with E-state index in [1.165, 1.54) is 5.56 Å². The predicted octanol–water partition coefficient (Wildman–Crippen LogP) is 4.27. The van der Waals surface area contributed by atoms with Crippen molar-refractivity contribution < 1.29 is 14.6 Å². The molecule has 0 atom stereocenters. The van der Waals surface area contributed by atoms with E-state index in [2.05, 4.69) is 5.32 Å². The maximum absolute atomic E-state index is 11.2. The standard InChI is InChI=1S/C19H23NO3/c1-14-7-5-9-16(13-14)23-12-4-3-11-20-18-15(2)8-6-10-17(18)19(21)22/h5-10,13,20H,3-4,11-12H2,1-2H3,(H,21,22). The van der Waals surface area contributed by atoms with Crippen molar-refractivity contribution in [2.75, 3.05) is 18.5 Å². The number of aryl methyl sites for hydroxylation is 2. The topological polar surface area (TPSA) is 58.6 Å². The lowest BCUT2D eigenvalue weighted by atomic mass is 10.1. The first-order valence-corrected chi connectivity index (χ1v) is 7.84. The van der Waals surface area contributed by atoms with Crippen LogP contribution >= 0.6 is 0 Å². The highest BCUT2D eigenvalue weighted by Crippen LogP contribution is 2.20. The van der Waals surface area contributed by atoms with Crippen LogP contribution in [0.3, 0.4) is 0 Å². The molecule has 4 heteroatoms. The molecule has 0 aliphatic carbocycles. The molecular weight excluding hydrogens is 290 g/mol. The van der Waals surface area contributed by atoms with Crippen molar-refractivity contribution >= 4 is 11.7 Å². The van der Waals surface area contributed by atoms with E-state index in [9.17, 15) is 9.90 Å². The molecule has 4 nitrogen and oxygen atoms in total. The SMILES string of the molecule is Cc1cccc(OCCCCNc2c(C)cccc2C(=O)O)c1. The highest BCUT2D eigenvalue weighted by Gasteiger charge is 2.10. The molecule has 2 N–H and O–H groups in total. The molecule has 2 aromatic carbocycles. The van der Waals surface area contributed by atoms with Gasteiger partial charge in [0.05, 0.1) is 17.9 Å². The number of ether oxygens (including phenoxy) is 1. The van der Waals surface area contributed by atoms with Crippen LogP contribution in [0.1, 0.15) is 34.3 Å². The highest BCUT2D eigenvalue weighted by molar-refractivity contribution is 5.95. The largest absolute Gasteiger partial charge is 0.494 e. The predicted molar refractivity (Wildman–Crippen MR) is 92.5 cm³/mol. The second kappa shape index (κ2) is 8.22. The molecule has 0 heterocycles. The maximum Gasteiger partial charge on any atom is 0.337 e. The van der Waals surface area contributed by atoms with Crippen molar-refractivity contribution in [3.63, 3.8) is 0 Å². The van der Waals surface area contributed by atoms with Gasteiger partial charge in [0.15, 0.2) is 0 Å². The third-order valence-electron chi connectivity index (χ3n) is 3.63. The molecule has 0 aromatic heterocycles. The van der Waals surface area contributed by atoms with E-state index in [0.29, 0.717) is 17.9 Å². The van der Waals surface area contributed by atoms with Gasteiger partial charge in [0, 0.05) is 6.54 Å². The summed E-state index contributed by atoms with van der Waals surface area (Å²) in [6, 6.07) is 13.3. The molecule has 0 radical (unpaired) electrons. The number of unbranched alkanes of at least 4 members (excludes halogenated alkanes) is 1. The minimum atomic E-state index is -0.904. The Morgan fingerprint density at radius 1 is 1.13 bits per heavy atom. The average Bonchev–Trinajstić information content (AvgIpc) is 2.51. The van der Waals surface area contributed by atoms with Gasteiger partial charge >= 0.3 is 5.97 Å². The number of carboxylic acid groups (broad SMARTS) is 1. The van der Waals surface area contributed by atoms with Crippen LogP contribution in [0.2, 0.25) is 0 Å². The molecule has 2 aromatic rings. The number of aromatic carboxylic acids is 1. The zero-order chi connectivity index (χ0) is 16.7. The molecule has 122 valence electrons. The average molecular weight is 313 g/mol. The van der Waals surface area contributed by atoms with Crippen LogP contribution in [0.15, 0.2) is 42.5 Å². The van der Waals surface area contributed by atoms with E-state index in [4.69, 9.17) is 4.74 Å². The fourth-order valence-corrected chi connectivity index (χ4v) is 2.42. The quantitative estimate of drug-likeness (QED) is 0.714. The molecular formula is C19H23NO3. The lowest BCUT2D eigenvalue weighted by Gasteiger charge is -2.12. The van der Waals surface area contributed by atoms with Crippen LogP contribution in [0.25, 0.3) is 0 Å². The van der Waals surface area contributed by atoms with Gasteiger partial charge in [-0.25, -0.2) is 4.79 Å². The van der Waals surface area contributed by atoms with E-state index in [1.807, 2.05) is 44.2 Å². The van der Waals surface area contributed by atoms with Gasteiger partial charge < -0.3 is 15.2 Å². The zero-order valence-electron chi connectivity index (χ0n) is 13.6. The number of para-hydroxylation sites is 1. The molecule has 2 rings (SSSR count). The van der Waals surface area contributed by atoms with Gasteiger partial charge in [-0.3, -0.25) is 0 Å². The van der Waals surface area contributed by atoms with E-state index in [-0.39, 0.29) is 0 Å². The Labute approximate surface area is 137 Å². The number of benzene rings is 2. The number of anilines is 1. The highest BCUT2D eigenvalue weighted by atomic mass is 16.5. The molecule has 0 aliphatic rings. The van der Waals surface area contributed by atoms with Gasteiger partial charge in [-0.2, -0.15) is 0 Å². The first-order chi connectivity index (χ1) is 11.1. The molecule has 0 fully saturated rings. The summed E-state index contributed by atoms with van der Waals surface area (Å²) in [6.45, 7) is 5.33. The molecule has 0 bridgehead atoms. The van der Waals surface area contributed by atoms with Gasteiger partial charge in [-0.05, 0) is 56.0 Å². The van der Waals surface area contributed by atoms with Crippen LogP contribution in [0.4, 0.5) is 5.69 Å². The number of carbonyl (C=O) groups is 1. The molecule has 0 saturated heterocycles. The number of hydrogen-bond acceptors (Lipinski definition) is 3. The Morgan fingerprint density at radius 2 is 1.91 bits per heavy atom. The molecule has 0 saturated carbocycles. The third kappa shape index (κ3) is 5.02. The van der Waals surface area contributed by atoms with Gasteiger partial charge in [0.2, 0.25) is 0 Å². The molecule has 0 aliphatic heterocycles. The Hall–Kier alpha value is -2.49. The van der Waals surface area contributed by atoms with Crippen LogP contribution in [-0.2, 0) is 0 Å². The Morgan fingerprint density at radius 3 is 2.65 bits per heavy atom. The fourth-order valence-electron chi connectivity index (χ4n) is 2.42. The molecule has 23 heavy (non-hydrogen) atoms. The molecule has 0 spiro atoms. The fraction of sp³-hybridized carbons (Fsp3) is 0.316. The second-order valence-electron chi connectivity index (χ2n) is 5.60. The van der Waals surface area contributed by atoms with E-state index in [1.54, 1.807) is 12.1 Å². The zero-order valence-corrected chi connectivity index (χ0v) is 13.6. The van der Waals surface area contributed by atoms with Gasteiger partial charge in [0.25, 0.3) is 0 Å². The Bertz CT molecular complexity index is 667. The Kier molecular flexibility index (Phi) is 6.03. The van der Waals surface area contributed by atoms with Crippen LogP contribution in [0.5, 0.6) is 5.75 Å². The van der Waals surface area contributed by atoms with Gasteiger partial charge in [-0.1, -0.05) is 24.3 Å². The smallest absolute Gasteiger partial charge is 0.337 e. The summed E-state index contributed by atoms with van der Waals surface area (Å²) in [5.74, 6) is -0.0102. The lowest BCUT2D eigenvalue weighted by molar-refractivity contribution is 0.0698. The van der Waals surface area contributed by atoms with Crippen molar-refractivity contribution in [3.8, 4) is 5.75 Å². The molecule has 0 amide bonds. The second-order valence-corrected chi connectivity index (χ2v) is 5.60. The van der Waals surface area contributed by atoms with Crippen LogP contribution in [-0.4, -0.2) is 24.2 Å². The minimum absolute atomic E-state index is 0.320. The molecule has 0 unspecified atom stereocenters. The van der Waals surface area contributed by atoms with E-state index in [0.717, 1.165) is 30.7 Å². The summed E-state index contributed by atoms with van der Waals surface area (Å²) in [7, 11) is 0. The van der Waals surface area contributed by atoms with Crippen molar-refractivity contribution in [2.45, 2.75) is 26.7 Å². The van der Waals surface area contributed by atoms with Crippen molar-refractivity contribution in [3.05, 3.63) is 59.2 Å². The summed E-state index contributed by atoms with van der Waals surface area (Å²) < 4.78 is 5.70. The summed E-state index contributed by atoms with van der Waals surface area (Å²) in [6.07, 6.45) is 1.83. The summed E-state index contributed by atoms with van der Waals surface area (Å²) >= 11 is 0. The monoisotopic (exact) mass is 313 g/mol. The lowest BCUT2D eigenvalue weighted by Crippen LogP contribution is -2.10.